The van der Waals surface area contributed by atoms with Crippen molar-refractivity contribution in [2.75, 3.05) is 0 Å². The first-order valence-electron chi connectivity index (χ1n) is 11.5. The Bertz CT molecular complexity index is 2020. The van der Waals surface area contributed by atoms with Gasteiger partial charge in [0.05, 0.1) is 22.2 Å². The molecule has 0 fully saturated rings. The van der Waals surface area contributed by atoms with E-state index >= 15 is 0 Å². The molecule has 0 spiro atoms. The smallest absolute Gasteiger partial charge is 0.0977 e. The second-order valence-corrected chi connectivity index (χ2v) is 9.86. The average molecular weight is 451 g/mol. The van der Waals surface area contributed by atoms with Crippen LogP contribution in [0.4, 0.5) is 0 Å². The van der Waals surface area contributed by atoms with Crippen molar-refractivity contribution in [1.82, 2.24) is 9.55 Å². The summed E-state index contributed by atoms with van der Waals surface area (Å²) in [6.07, 6.45) is 1.92. The maximum atomic E-state index is 4.92. The molecule has 0 radical (unpaired) electrons. The highest BCUT2D eigenvalue weighted by molar-refractivity contribution is 7.26. The van der Waals surface area contributed by atoms with Crippen molar-refractivity contribution in [3.63, 3.8) is 0 Å². The van der Waals surface area contributed by atoms with E-state index in [1.807, 2.05) is 23.6 Å². The van der Waals surface area contributed by atoms with Crippen molar-refractivity contribution < 1.29 is 0 Å². The number of rotatable bonds is 1. The fourth-order valence-corrected chi connectivity index (χ4v) is 6.81. The molecule has 3 heteroatoms. The molecule has 0 amide bonds. The largest absolute Gasteiger partial charge is 0.306 e. The maximum absolute atomic E-state index is 4.92. The molecular formula is C31H18N2S. The third-order valence-electron chi connectivity index (χ3n) is 7.00. The molecule has 0 N–H and O–H groups in total. The SMILES string of the molecule is c1ccc2c(-n3c4cccnc4c4c5sc6ccccc6c5ccc43)c3ccccc3cc2c1. The summed E-state index contributed by atoms with van der Waals surface area (Å²) in [7, 11) is 0. The Labute approximate surface area is 199 Å². The van der Waals surface area contributed by atoms with Gasteiger partial charge in [-0.3, -0.25) is 4.98 Å². The molecule has 8 aromatic rings. The normalized spacial score (nSPS) is 12.1. The number of thiophene rings is 1. The fourth-order valence-electron chi connectivity index (χ4n) is 5.56. The Morgan fingerprint density at radius 1 is 0.588 bits per heavy atom. The Morgan fingerprint density at radius 2 is 1.29 bits per heavy atom. The van der Waals surface area contributed by atoms with Gasteiger partial charge in [0.2, 0.25) is 0 Å². The van der Waals surface area contributed by atoms with Gasteiger partial charge in [-0.05, 0) is 41.1 Å². The van der Waals surface area contributed by atoms with Crippen molar-refractivity contribution in [2.45, 2.75) is 0 Å². The van der Waals surface area contributed by atoms with Crippen LogP contribution in [0.15, 0.2) is 109 Å². The van der Waals surface area contributed by atoms with Crippen LogP contribution in [0.1, 0.15) is 0 Å². The number of pyridine rings is 1. The number of hydrogen-bond acceptors (Lipinski definition) is 2. The minimum Gasteiger partial charge on any atom is -0.306 e. The number of benzene rings is 5. The quantitative estimate of drug-likeness (QED) is 0.228. The van der Waals surface area contributed by atoms with E-state index in [-0.39, 0.29) is 0 Å². The molecule has 158 valence electrons. The molecule has 3 aromatic heterocycles. The molecule has 0 bridgehead atoms. The van der Waals surface area contributed by atoms with Crippen LogP contribution in [0.3, 0.4) is 0 Å². The summed E-state index contributed by atoms with van der Waals surface area (Å²) >= 11 is 1.87. The lowest BCUT2D eigenvalue weighted by molar-refractivity contribution is 1.21. The third-order valence-corrected chi connectivity index (χ3v) is 8.20. The zero-order valence-electron chi connectivity index (χ0n) is 18.2. The number of aromatic nitrogens is 2. The van der Waals surface area contributed by atoms with E-state index < -0.39 is 0 Å². The zero-order valence-corrected chi connectivity index (χ0v) is 19.0. The second kappa shape index (κ2) is 6.66. The van der Waals surface area contributed by atoms with Crippen LogP contribution in [0, 0.1) is 0 Å². The van der Waals surface area contributed by atoms with Crippen LogP contribution in [-0.2, 0) is 0 Å². The summed E-state index contributed by atoms with van der Waals surface area (Å²) in [4.78, 5) is 4.92. The Hall–Kier alpha value is -4.21. The standard InChI is InChI=1S/C31H18N2S/c1-3-10-21-19(8-1)18-20-9-2-4-11-22(20)30(21)33-25-16-15-24-23-12-5-6-14-27(23)34-31(24)28(25)29-26(33)13-7-17-32-29/h1-18H. The van der Waals surface area contributed by atoms with Crippen molar-refractivity contribution in [1.29, 1.82) is 0 Å². The molecule has 0 unspecified atom stereocenters. The highest BCUT2D eigenvalue weighted by Gasteiger charge is 2.20. The fraction of sp³-hybridized carbons (Fsp3) is 0. The van der Waals surface area contributed by atoms with Crippen LogP contribution in [-0.4, -0.2) is 9.55 Å². The lowest BCUT2D eigenvalue weighted by Crippen LogP contribution is -1.97. The lowest BCUT2D eigenvalue weighted by atomic mass is 10.0. The molecule has 8 rings (SSSR count). The molecule has 0 aliphatic carbocycles. The Balaban J connectivity index is 1.66. The van der Waals surface area contributed by atoms with Crippen molar-refractivity contribution in [3.05, 3.63) is 109 Å². The monoisotopic (exact) mass is 450 g/mol. The van der Waals surface area contributed by atoms with Gasteiger partial charge in [-0.25, -0.2) is 0 Å². The van der Waals surface area contributed by atoms with E-state index in [9.17, 15) is 0 Å². The molecule has 0 saturated carbocycles. The summed E-state index contributed by atoms with van der Waals surface area (Å²) in [5, 5.41) is 8.86. The molecule has 34 heavy (non-hydrogen) atoms. The number of fused-ring (bicyclic) bond motifs is 9. The highest BCUT2D eigenvalue weighted by Crippen LogP contribution is 2.44. The summed E-state index contributed by atoms with van der Waals surface area (Å²) in [5.41, 5.74) is 4.63. The number of hydrogen-bond donors (Lipinski definition) is 0. The van der Waals surface area contributed by atoms with Gasteiger partial charge in [-0.2, -0.15) is 0 Å². The molecular weight excluding hydrogens is 432 g/mol. The van der Waals surface area contributed by atoms with Crippen molar-refractivity contribution >= 4 is 75.0 Å². The molecule has 0 aliphatic heterocycles. The second-order valence-electron chi connectivity index (χ2n) is 8.81. The lowest BCUT2D eigenvalue weighted by Gasteiger charge is -2.15. The highest BCUT2D eigenvalue weighted by atomic mass is 32.1. The van der Waals surface area contributed by atoms with E-state index in [1.54, 1.807) is 0 Å². The van der Waals surface area contributed by atoms with Crippen LogP contribution < -0.4 is 0 Å². The third kappa shape index (κ3) is 2.32. The van der Waals surface area contributed by atoms with E-state index in [2.05, 4.69) is 102 Å². The topological polar surface area (TPSA) is 17.8 Å². The molecule has 0 saturated heterocycles. The summed E-state index contributed by atoms with van der Waals surface area (Å²) < 4.78 is 5.06. The Morgan fingerprint density at radius 3 is 2.09 bits per heavy atom. The average Bonchev–Trinajstić information content (AvgIpc) is 3.43. The van der Waals surface area contributed by atoms with Gasteiger partial charge in [-0.1, -0.05) is 72.8 Å². The first-order valence-corrected chi connectivity index (χ1v) is 12.3. The molecule has 3 heterocycles. The van der Waals surface area contributed by atoms with Crippen molar-refractivity contribution in [3.8, 4) is 5.69 Å². The van der Waals surface area contributed by atoms with Gasteiger partial charge < -0.3 is 4.57 Å². The first-order chi connectivity index (χ1) is 16.9. The Kier molecular flexibility index (Phi) is 3.57. The number of nitrogens with zero attached hydrogens (tertiary/aromatic N) is 2. The van der Waals surface area contributed by atoms with Crippen molar-refractivity contribution in [2.24, 2.45) is 0 Å². The maximum Gasteiger partial charge on any atom is 0.0977 e. The van der Waals surface area contributed by atoms with E-state index in [0.29, 0.717) is 0 Å². The molecule has 0 aliphatic rings. The summed E-state index contributed by atoms with van der Waals surface area (Å²) in [6, 6.07) is 37.2. The van der Waals surface area contributed by atoms with Crippen LogP contribution in [0.5, 0.6) is 0 Å². The predicted molar refractivity (Wildman–Crippen MR) is 146 cm³/mol. The van der Waals surface area contributed by atoms with E-state index in [4.69, 9.17) is 4.98 Å². The van der Waals surface area contributed by atoms with Gasteiger partial charge in [0.15, 0.2) is 0 Å². The van der Waals surface area contributed by atoms with Crippen LogP contribution >= 0.6 is 11.3 Å². The van der Waals surface area contributed by atoms with Gasteiger partial charge in [-0.15, -0.1) is 11.3 Å². The van der Waals surface area contributed by atoms with Gasteiger partial charge >= 0.3 is 0 Å². The first kappa shape index (κ1) is 18.2. The predicted octanol–water partition coefficient (Wildman–Crippen LogP) is 8.85. The van der Waals surface area contributed by atoms with Gasteiger partial charge in [0.25, 0.3) is 0 Å². The molecule has 5 aromatic carbocycles. The zero-order chi connectivity index (χ0) is 22.2. The minimum atomic E-state index is 1.06. The van der Waals surface area contributed by atoms with Crippen LogP contribution in [0.2, 0.25) is 0 Å². The minimum absolute atomic E-state index is 1.06. The van der Waals surface area contributed by atoms with E-state index in [1.165, 1.54) is 58.3 Å². The van der Waals surface area contributed by atoms with Gasteiger partial charge in [0, 0.05) is 42.5 Å². The summed E-state index contributed by atoms with van der Waals surface area (Å²) in [5.74, 6) is 0. The summed E-state index contributed by atoms with van der Waals surface area (Å²) in [6.45, 7) is 0. The molecule has 0 atom stereocenters. The van der Waals surface area contributed by atoms with Gasteiger partial charge in [0.1, 0.15) is 0 Å². The van der Waals surface area contributed by atoms with E-state index in [0.717, 1.165) is 11.0 Å². The molecule has 2 nitrogen and oxygen atoms in total. The van der Waals surface area contributed by atoms with Crippen LogP contribution in [0.25, 0.3) is 69.3 Å².